The highest BCUT2D eigenvalue weighted by atomic mass is 35.5. The Balaban J connectivity index is 0.988. The van der Waals surface area contributed by atoms with Crippen LogP contribution in [0.2, 0.25) is 0 Å². The van der Waals surface area contributed by atoms with Crippen LogP contribution in [0.5, 0.6) is 23.0 Å². The van der Waals surface area contributed by atoms with Gasteiger partial charge in [0.2, 0.25) is 17.8 Å². The zero-order valence-corrected chi connectivity index (χ0v) is 27.7. The molecule has 0 spiro atoms. The molecule has 1 aromatic heterocycles. The maximum absolute atomic E-state index is 12.8. The number of ether oxygens (including phenoxy) is 4. The number of rotatable bonds is 14. The van der Waals surface area contributed by atoms with E-state index in [1.807, 2.05) is 91.8 Å². The number of hydrogen-bond acceptors (Lipinski definition) is 10. The van der Waals surface area contributed by atoms with Crippen molar-refractivity contribution in [2.24, 2.45) is 10.2 Å². The average molecular weight is 672 g/mol. The van der Waals surface area contributed by atoms with Crippen molar-refractivity contribution >= 4 is 61.3 Å². The first kappa shape index (κ1) is 32.1. The van der Waals surface area contributed by atoms with Gasteiger partial charge in [0.05, 0.1) is 35.7 Å². The summed E-state index contributed by atoms with van der Waals surface area (Å²) >= 11 is 7.44. The van der Waals surface area contributed by atoms with E-state index in [1.54, 1.807) is 17.0 Å². The van der Waals surface area contributed by atoms with E-state index in [0.717, 1.165) is 51.5 Å². The molecule has 1 aliphatic rings. The van der Waals surface area contributed by atoms with Gasteiger partial charge in [-0.2, -0.15) is 0 Å². The predicted octanol–water partition coefficient (Wildman–Crippen LogP) is 8.52. The number of carbonyl (C=O) groups excluding carboxylic acids is 1. The van der Waals surface area contributed by atoms with Crippen LogP contribution in [-0.4, -0.2) is 50.9 Å². The Bertz CT molecular complexity index is 1860. The number of alkyl halides is 1. The van der Waals surface area contributed by atoms with Gasteiger partial charge in [-0.15, -0.1) is 21.8 Å². The number of thiazole rings is 1. The second-order valence-corrected chi connectivity index (χ2v) is 12.2. The van der Waals surface area contributed by atoms with Crippen molar-refractivity contribution in [1.82, 2.24) is 4.98 Å². The number of fused-ring (bicyclic) bond motifs is 2. The molecule has 0 unspecified atom stereocenters. The summed E-state index contributed by atoms with van der Waals surface area (Å²) in [5.41, 5.74) is 4.29. The molecule has 242 valence electrons. The van der Waals surface area contributed by atoms with Crippen molar-refractivity contribution in [3.63, 3.8) is 0 Å². The largest absolute Gasteiger partial charge is 0.494 e. The monoisotopic (exact) mass is 671 g/mol. The van der Waals surface area contributed by atoms with Gasteiger partial charge in [-0.05, 0) is 73.5 Å². The van der Waals surface area contributed by atoms with E-state index >= 15 is 0 Å². The van der Waals surface area contributed by atoms with Crippen molar-refractivity contribution in [1.29, 1.82) is 0 Å². The van der Waals surface area contributed by atoms with Crippen LogP contribution in [0, 0.1) is 0 Å². The minimum Gasteiger partial charge on any atom is -0.494 e. The first-order valence-corrected chi connectivity index (χ1v) is 16.5. The van der Waals surface area contributed by atoms with Gasteiger partial charge in [-0.3, -0.25) is 4.79 Å². The maximum Gasteiger partial charge on any atom is 0.242 e. The van der Waals surface area contributed by atoms with Gasteiger partial charge in [-0.1, -0.05) is 29.5 Å². The zero-order chi connectivity index (χ0) is 32.6. The van der Waals surface area contributed by atoms with Crippen LogP contribution in [0.1, 0.15) is 18.4 Å². The molecular weight excluding hydrogens is 638 g/mol. The lowest BCUT2D eigenvalue weighted by Crippen LogP contribution is -2.31. The molecule has 12 heteroatoms. The molecule has 0 radical (unpaired) electrons. The standard InChI is InChI=1S/C35H34ClN5O5S/c1-40(2)26-11-9-25(10-12-26)38-39-35-37-29-15-14-28(20-33(29)47-35)43-17-5-6-18-44-30-8-4-3-7-24(30)22-41(34(42)21-36)27-13-16-31-32(19-27)46-23-45-31/h3-4,7-16,19-20H,5-6,17-18,21-23H2,1-2H3. The minimum atomic E-state index is -0.222. The molecule has 5 aromatic rings. The number of azo groups is 1. The second kappa shape index (κ2) is 15.1. The second-order valence-electron chi connectivity index (χ2n) is 10.9. The third-order valence-corrected chi connectivity index (χ3v) is 8.55. The Morgan fingerprint density at radius 2 is 1.66 bits per heavy atom. The van der Waals surface area contributed by atoms with Gasteiger partial charge >= 0.3 is 0 Å². The van der Waals surface area contributed by atoms with Gasteiger partial charge in [0.25, 0.3) is 0 Å². The van der Waals surface area contributed by atoms with Crippen LogP contribution in [0.3, 0.4) is 0 Å². The highest BCUT2D eigenvalue weighted by molar-refractivity contribution is 7.21. The Hall–Kier alpha value is -4.87. The normalized spacial score (nSPS) is 12.1. The van der Waals surface area contributed by atoms with Crippen LogP contribution in [0.15, 0.2) is 95.2 Å². The van der Waals surface area contributed by atoms with Crippen molar-refractivity contribution in [2.45, 2.75) is 19.4 Å². The summed E-state index contributed by atoms with van der Waals surface area (Å²) in [6.07, 6.45) is 1.60. The molecule has 6 rings (SSSR count). The highest BCUT2D eigenvalue weighted by Crippen LogP contribution is 2.37. The third-order valence-electron chi connectivity index (χ3n) is 7.41. The van der Waals surface area contributed by atoms with E-state index in [4.69, 9.17) is 30.5 Å². The van der Waals surface area contributed by atoms with Gasteiger partial charge in [-0.25, -0.2) is 4.98 Å². The Kier molecular flexibility index (Phi) is 10.3. The molecule has 0 fully saturated rings. The molecule has 4 aromatic carbocycles. The molecule has 2 heterocycles. The average Bonchev–Trinajstić information content (AvgIpc) is 3.74. The number of anilines is 2. The van der Waals surface area contributed by atoms with E-state index in [0.29, 0.717) is 42.1 Å². The number of amides is 1. The molecule has 0 N–H and O–H groups in total. The van der Waals surface area contributed by atoms with Gasteiger partial charge in [0, 0.05) is 37.1 Å². The molecule has 0 atom stereocenters. The molecule has 1 amide bonds. The van der Waals surface area contributed by atoms with Crippen LogP contribution >= 0.6 is 22.9 Å². The Morgan fingerprint density at radius 1 is 0.894 bits per heavy atom. The van der Waals surface area contributed by atoms with Gasteiger partial charge < -0.3 is 28.7 Å². The first-order chi connectivity index (χ1) is 23.0. The van der Waals surface area contributed by atoms with Crippen molar-refractivity contribution < 1.29 is 23.7 Å². The van der Waals surface area contributed by atoms with Crippen LogP contribution in [-0.2, 0) is 11.3 Å². The summed E-state index contributed by atoms with van der Waals surface area (Å²) in [4.78, 5) is 21.1. The number of benzene rings is 4. The fraction of sp³-hybridized carbons (Fsp3) is 0.257. The first-order valence-electron chi connectivity index (χ1n) is 15.2. The van der Waals surface area contributed by atoms with Gasteiger partial charge in [0.15, 0.2) is 11.5 Å². The number of aromatic nitrogens is 1. The molecular formula is C35H34ClN5O5S. The number of carbonyl (C=O) groups is 1. The van der Waals surface area contributed by atoms with Gasteiger partial charge in [0.1, 0.15) is 17.4 Å². The van der Waals surface area contributed by atoms with Crippen molar-refractivity contribution in [3.8, 4) is 23.0 Å². The number of hydrogen-bond donors (Lipinski definition) is 0. The number of para-hydroxylation sites is 1. The van der Waals surface area contributed by atoms with Crippen molar-refractivity contribution in [2.75, 3.05) is 49.8 Å². The maximum atomic E-state index is 12.8. The SMILES string of the molecule is CN(C)c1ccc(N=Nc2nc3ccc(OCCCCOc4ccccc4CN(C(=O)CCl)c4ccc5c(c4)OCO5)cc3s2)cc1. The lowest BCUT2D eigenvalue weighted by Gasteiger charge is -2.23. The summed E-state index contributed by atoms with van der Waals surface area (Å²) in [6, 6.07) is 26.8. The predicted molar refractivity (Wildman–Crippen MR) is 186 cm³/mol. The van der Waals surface area contributed by atoms with E-state index < -0.39 is 0 Å². The van der Waals surface area contributed by atoms with Crippen LogP contribution in [0.25, 0.3) is 10.2 Å². The number of halogens is 1. The molecule has 10 nitrogen and oxygen atoms in total. The molecule has 0 aliphatic carbocycles. The summed E-state index contributed by atoms with van der Waals surface area (Å²) in [7, 11) is 4.00. The summed E-state index contributed by atoms with van der Waals surface area (Å²) in [6.45, 7) is 1.52. The van der Waals surface area contributed by atoms with Crippen LogP contribution in [0.4, 0.5) is 22.2 Å². The van der Waals surface area contributed by atoms with Crippen LogP contribution < -0.4 is 28.7 Å². The highest BCUT2D eigenvalue weighted by Gasteiger charge is 2.21. The Labute approximate surface area is 282 Å². The smallest absolute Gasteiger partial charge is 0.242 e. The third kappa shape index (κ3) is 8.11. The molecule has 0 saturated carbocycles. The molecule has 0 saturated heterocycles. The van der Waals surface area contributed by atoms with E-state index in [1.165, 1.54) is 11.3 Å². The van der Waals surface area contributed by atoms with E-state index in [9.17, 15) is 4.79 Å². The van der Waals surface area contributed by atoms with E-state index in [-0.39, 0.29) is 18.6 Å². The number of unbranched alkanes of at least 4 members (excludes halogenated alkanes) is 1. The topological polar surface area (TPSA) is 98.1 Å². The zero-order valence-electron chi connectivity index (χ0n) is 26.1. The fourth-order valence-corrected chi connectivity index (χ4v) is 5.87. The molecule has 47 heavy (non-hydrogen) atoms. The van der Waals surface area contributed by atoms with Crippen molar-refractivity contribution in [3.05, 3.63) is 90.5 Å². The quantitative estimate of drug-likeness (QED) is 0.0663. The van der Waals surface area contributed by atoms with E-state index in [2.05, 4.69) is 15.2 Å². The molecule has 1 aliphatic heterocycles. The lowest BCUT2D eigenvalue weighted by atomic mass is 10.1. The summed E-state index contributed by atoms with van der Waals surface area (Å²) in [5.74, 6) is 2.38. The number of nitrogens with zero attached hydrogens (tertiary/aromatic N) is 5. The Morgan fingerprint density at radius 3 is 2.47 bits per heavy atom. The summed E-state index contributed by atoms with van der Waals surface area (Å²) in [5, 5.41) is 9.26. The molecule has 0 bridgehead atoms. The minimum absolute atomic E-state index is 0.147. The lowest BCUT2D eigenvalue weighted by molar-refractivity contribution is -0.116. The fourth-order valence-electron chi connectivity index (χ4n) is 4.91. The summed E-state index contributed by atoms with van der Waals surface area (Å²) < 4.78 is 24.1.